The molecule has 24 heavy (non-hydrogen) atoms. The van der Waals surface area contributed by atoms with Gasteiger partial charge in [0.15, 0.2) is 11.5 Å². The van der Waals surface area contributed by atoms with E-state index in [4.69, 9.17) is 18.9 Å². The number of hydrogen-bond acceptors (Lipinski definition) is 6. The Morgan fingerprint density at radius 2 is 2.08 bits per heavy atom. The minimum atomic E-state index is -0.636. The zero-order valence-corrected chi connectivity index (χ0v) is 13.4. The zero-order chi connectivity index (χ0) is 17.1. The minimum Gasteiger partial charge on any atom is -0.460 e. The van der Waals surface area contributed by atoms with Crippen molar-refractivity contribution in [2.24, 2.45) is 0 Å². The van der Waals surface area contributed by atoms with Crippen molar-refractivity contribution in [3.63, 3.8) is 0 Å². The minimum absolute atomic E-state index is 0.133. The van der Waals surface area contributed by atoms with Crippen molar-refractivity contribution in [3.05, 3.63) is 35.0 Å². The van der Waals surface area contributed by atoms with E-state index in [1.165, 1.54) is 7.11 Å². The van der Waals surface area contributed by atoms with Crippen LogP contribution in [0.4, 0.5) is 4.79 Å². The van der Waals surface area contributed by atoms with Gasteiger partial charge in [-0.25, -0.2) is 9.59 Å². The Morgan fingerprint density at radius 3 is 2.88 bits per heavy atom. The van der Waals surface area contributed by atoms with E-state index in [2.05, 4.69) is 10.6 Å². The molecule has 8 nitrogen and oxygen atoms in total. The van der Waals surface area contributed by atoms with Crippen LogP contribution < -0.4 is 20.1 Å². The van der Waals surface area contributed by atoms with Gasteiger partial charge in [0.1, 0.15) is 6.61 Å². The lowest BCUT2D eigenvalue weighted by molar-refractivity contribution is -0.140. The summed E-state index contributed by atoms with van der Waals surface area (Å²) in [5, 5.41) is 5.33. The van der Waals surface area contributed by atoms with E-state index in [9.17, 15) is 9.59 Å². The average molecular weight is 334 g/mol. The van der Waals surface area contributed by atoms with Crippen LogP contribution in [0.1, 0.15) is 18.5 Å². The first-order valence-corrected chi connectivity index (χ1v) is 7.44. The van der Waals surface area contributed by atoms with Gasteiger partial charge < -0.3 is 29.6 Å². The summed E-state index contributed by atoms with van der Waals surface area (Å²) in [4.78, 5) is 24.3. The predicted octanol–water partition coefficient (Wildman–Crippen LogP) is 1.23. The maximum Gasteiger partial charge on any atom is 0.338 e. The molecule has 0 bridgehead atoms. The third kappa shape index (κ3) is 3.13. The van der Waals surface area contributed by atoms with Crippen LogP contribution in [0, 0.1) is 0 Å². The number of hydrogen-bond donors (Lipinski definition) is 2. The van der Waals surface area contributed by atoms with E-state index < -0.39 is 12.0 Å². The number of methoxy groups -OCH3 is 1. The molecule has 2 aliphatic heterocycles. The molecule has 128 valence electrons. The summed E-state index contributed by atoms with van der Waals surface area (Å²) in [5.41, 5.74) is 1.49. The van der Waals surface area contributed by atoms with Gasteiger partial charge in [-0.3, -0.25) is 0 Å². The Kier molecular flexibility index (Phi) is 4.57. The molecule has 0 aromatic heterocycles. The molecule has 2 amide bonds. The highest BCUT2D eigenvalue weighted by Gasteiger charge is 2.33. The fraction of sp³-hybridized carbons (Fsp3) is 0.375. The van der Waals surface area contributed by atoms with Crippen LogP contribution in [-0.2, 0) is 14.3 Å². The van der Waals surface area contributed by atoms with Crippen LogP contribution in [0.2, 0.25) is 0 Å². The Hall–Kier alpha value is -2.74. The third-order valence-corrected chi connectivity index (χ3v) is 3.74. The quantitative estimate of drug-likeness (QED) is 0.621. The summed E-state index contributed by atoms with van der Waals surface area (Å²) < 4.78 is 20.7. The second-order valence-corrected chi connectivity index (χ2v) is 5.31. The summed E-state index contributed by atoms with van der Waals surface area (Å²) in [7, 11) is 1.52. The number of urea groups is 1. The Labute approximate surface area is 138 Å². The van der Waals surface area contributed by atoms with E-state index in [1.807, 2.05) is 0 Å². The van der Waals surface area contributed by atoms with Gasteiger partial charge in [-0.15, -0.1) is 0 Å². The predicted molar refractivity (Wildman–Crippen MR) is 82.5 cm³/mol. The van der Waals surface area contributed by atoms with Crippen LogP contribution in [-0.4, -0.2) is 39.1 Å². The second-order valence-electron chi connectivity index (χ2n) is 5.31. The number of carbonyl (C=O) groups excluding carboxylic acids is 2. The van der Waals surface area contributed by atoms with Crippen molar-refractivity contribution in [2.45, 2.75) is 13.0 Å². The second kappa shape index (κ2) is 6.79. The summed E-state index contributed by atoms with van der Waals surface area (Å²) in [6, 6.07) is 4.25. The molecule has 8 heteroatoms. The average Bonchev–Trinajstić information content (AvgIpc) is 3.01. The van der Waals surface area contributed by atoms with Gasteiger partial charge in [0.25, 0.3) is 0 Å². The lowest BCUT2D eigenvalue weighted by atomic mass is 9.95. The molecule has 2 aliphatic rings. The normalized spacial score (nSPS) is 18.9. The maximum absolute atomic E-state index is 12.4. The first-order valence-electron chi connectivity index (χ1n) is 7.44. The topological polar surface area (TPSA) is 95.1 Å². The summed E-state index contributed by atoms with van der Waals surface area (Å²) in [6.07, 6.45) is 0. The molecule has 0 aliphatic carbocycles. The van der Waals surface area contributed by atoms with E-state index in [1.54, 1.807) is 25.1 Å². The molecule has 0 saturated carbocycles. The van der Waals surface area contributed by atoms with Gasteiger partial charge >= 0.3 is 12.0 Å². The van der Waals surface area contributed by atoms with E-state index in [-0.39, 0.29) is 19.4 Å². The lowest BCUT2D eigenvalue weighted by Gasteiger charge is -2.28. The van der Waals surface area contributed by atoms with Gasteiger partial charge in [0.05, 0.1) is 18.2 Å². The van der Waals surface area contributed by atoms with Crippen LogP contribution in [0.15, 0.2) is 29.5 Å². The van der Waals surface area contributed by atoms with Gasteiger partial charge in [-0.1, -0.05) is 6.07 Å². The number of allylic oxidation sites excluding steroid dienone is 1. The zero-order valence-electron chi connectivity index (χ0n) is 13.4. The first-order chi connectivity index (χ1) is 11.6. The van der Waals surface area contributed by atoms with Gasteiger partial charge in [0.2, 0.25) is 6.79 Å². The van der Waals surface area contributed by atoms with Gasteiger partial charge in [-0.2, -0.15) is 0 Å². The van der Waals surface area contributed by atoms with E-state index in [0.717, 1.165) is 0 Å². The standard InChI is InChI=1S/C16H18N2O6/c1-9-13(15(19)22-6-5-21-2)14(18-16(20)17-9)10-3-4-11-12(7-10)24-8-23-11/h3-4,7,14H,5-6,8H2,1-2H3,(H2,17,18,20)/t14-/m1/s1. The lowest BCUT2D eigenvalue weighted by Crippen LogP contribution is -2.45. The Balaban J connectivity index is 1.89. The van der Waals surface area contributed by atoms with E-state index in [0.29, 0.717) is 34.9 Å². The van der Waals surface area contributed by atoms with Gasteiger partial charge in [0, 0.05) is 12.8 Å². The molecule has 0 spiro atoms. The molecule has 0 saturated heterocycles. The van der Waals surface area contributed by atoms with Crippen molar-refractivity contribution in [1.29, 1.82) is 0 Å². The number of esters is 1. The molecule has 3 rings (SSSR count). The number of nitrogens with one attached hydrogen (secondary N) is 2. The molecule has 2 N–H and O–H groups in total. The highest BCUT2D eigenvalue weighted by atomic mass is 16.7. The highest BCUT2D eigenvalue weighted by Crippen LogP contribution is 2.36. The number of ether oxygens (including phenoxy) is 4. The molecule has 2 heterocycles. The first kappa shape index (κ1) is 16.1. The van der Waals surface area contributed by atoms with E-state index >= 15 is 0 Å². The summed E-state index contributed by atoms with van der Waals surface area (Å²) >= 11 is 0. The molecule has 0 radical (unpaired) electrons. The molecule has 0 fully saturated rings. The molecule has 1 atom stereocenters. The molecule has 0 unspecified atom stereocenters. The summed E-state index contributed by atoms with van der Waals surface area (Å²) in [5.74, 6) is 0.689. The third-order valence-electron chi connectivity index (χ3n) is 3.74. The SMILES string of the molecule is COCCOC(=O)C1=C(C)NC(=O)N[C@@H]1c1ccc2c(c1)OCO2. The molecule has 1 aromatic rings. The highest BCUT2D eigenvalue weighted by molar-refractivity contribution is 5.95. The monoisotopic (exact) mass is 334 g/mol. The Bertz CT molecular complexity index is 700. The maximum atomic E-state index is 12.4. The molecule has 1 aromatic carbocycles. The summed E-state index contributed by atoms with van der Waals surface area (Å²) in [6.45, 7) is 2.24. The molecular weight excluding hydrogens is 316 g/mol. The Morgan fingerprint density at radius 1 is 1.29 bits per heavy atom. The van der Waals surface area contributed by atoms with Crippen LogP contribution in [0.5, 0.6) is 11.5 Å². The number of amides is 2. The number of benzene rings is 1. The van der Waals surface area contributed by atoms with Crippen LogP contribution >= 0.6 is 0 Å². The fourth-order valence-electron chi connectivity index (χ4n) is 2.60. The number of rotatable bonds is 5. The van der Waals surface area contributed by atoms with Crippen LogP contribution in [0.25, 0.3) is 0 Å². The number of fused-ring (bicyclic) bond motifs is 1. The van der Waals surface area contributed by atoms with Crippen molar-refractivity contribution in [3.8, 4) is 11.5 Å². The van der Waals surface area contributed by atoms with Crippen LogP contribution in [0.3, 0.4) is 0 Å². The number of carbonyl (C=O) groups is 2. The van der Waals surface area contributed by atoms with Crippen molar-refractivity contribution in [1.82, 2.24) is 10.6 Å². The van der Waals surface area contributed by atoms with Crippen molar-refractivity contribution >= 4 is 12.0 Å². The molecular formula is C16H18N2O6. The van der Waals surface area contributed by atoms with Gasteiger partial charge in [-0.05, 0) is 24.6 Å². The smallest absolute Gasteiger partial charge is 0.338 e. The van der Waals surface area contributed by atoms with Crippen molar-refractivity contribution < 1.29 is 28.5 Å². The fourth-order valence-corrected chi connectivity index (χ4v) is 2.60. The largest absolute Gasteiger partial charge is 0.460 e. The van der Waals surface area contributed by atoms with Crippen molar-refractivity contribution in [2.75, 3.05) is 27.1 Å².